The summed E-state index contributed by atoms with van der Waals surface area (Å²) < 4.78 is 10.3. The molecule has 0 aliphatic carbocycles. The molecular formula is C17H14N2O4. The van der Waals surface area contributed by atoms with Gasteiger partial charge in [-0.15, -0.1) is 0 Å². The largest absolute Gasteiger partial charge is 0.481 e. The predicted molar refractivity (Wildman–Crippen MR) is 81.4 cm³/mol. The lowest BCUT2D eigenvalue weighted by Crippen LogP contribution is -2.18. The van der Waals surface area contributed by atoms with Crippen LogP contribution < -0.4 is 10.5 Å². The third-order valence-corrected chi connectivity index (χ3v) is 2.98. The van der Waals surface area contributed by atoms with E-state index in [1.807, 2.05) is 6.07 Å². The van der Waals surface area contributed by atoms with Crippen LogP contribution in [0.5, 0.6) is 5.75 Å². The van der Waals surface area contributed by atoms with Crippen molar-refractivity contribution in [3.63, 3.8) is 0 Å². The van der Waals surface area contributed by atoms with Crippen molar-refractivity contribution in [2.75, 3.05) is 6.61 Å². The van der Waals surface area contributed by atoms with Gasteiger partial charge >= 0.3 is 5.97 Å². The highest BCUT2D eigenvalue weighted by Gasteiger charge is 2.11. The molecule has 0 atom stereocenters. The maximum atomic E-state index is 11.7. The van der Waals surface area contributed by atoms with E-state index in [1.165, 1.54) is 6.07 Å². The van der Waals surface area contributed by atoms with E-state index in [1.54, 1.807) is 42.5 Å². The fourth-order valence-corrected chi connectivity index (χ4v) is 1.81. The average molecular weight is 310 g/mol. The Morgan fingerprint density at radius 1 is 1.09 bits per heavy atom. The predicted octanol–water partition coefficient (Wildman–Crippen LogP) is 1.78. The first kappa shape index (κ1) is 16.0. The van der Waals surface area contributed by atoms with E-state index >= 15 is 0 Å². The highest BCUT2D eigenvalue weighted by atomic mass is 16.6. The first-order chi connectivity index (χ1) is 11.1. The summed E-state index contributed by atoms with van der Waals surface area (Å²) in [6, 6.07) is 15.1. The zero-order valence-electron chi connectivity index (χ0n) is 12.2. The van der Waals surface area contributed by atoms with Crippen LogP contribution in [0.4, 0.5) is 0 Å². The minimum atomic E-state index is -0.633. The van der Waals surface area contributed by atoms with Gasteiger partial charge in [-0.3, -0.25) is 4.79 Å². The van der Waals surface area contributed by atoms with Crippen LogP contribution in [0.25, 0.3) is 0 Å². The maximum absolute atomic E-state index is 11.7. The summed E-state index contributed by atoms with van der Waals surface area (Å²) >= 11 is 0. The molecule has 0 aromatic heterocycles. The quantitative estimate of drug-likeness (QED) is 0.819. The van der Waals surface area contributed by atoms with E-state index in [0.717, 1.165) is 5.56 Å². The van der Waals surface area contributed by atoms with Crippen LogP contribution in [0.3, 0.4) is 0 Å². The van der Waals surface area contributed by atoms with E-state index < -0.39 is 11.9 Å². The summed E-state index contributed by atoms with van der Waals surface area (Å²) in [6.07, 6.45) is 0. The van der Waals surface area contributed by atoms with Gasteiger partial charge < -0.3 is 15.2 Å². The van der Waals surface area contributed by atoms with Gasteiger partial charge in [-0.2, -0.15) is 5.26 Å². The number of primary amides is 1. The number of benzene rings is 2. The molecule has 0 saturated heterocycles. The number of ether oxygens (including phenoxy) is 2. The van der Waals surface area contributed by atoms with Gasteiger partial charge in [0.1, 0.15) is 12.4 Å². The van der Waals surface area contributed by atoms with Crippen molar-refractivity contribution in [2.24, 2.45) is 5.73 Å². The number of amides is 1. The minimum Gasteiger partial charge on any atom is -0.481 e. The highest BCUT2D eigenvalue weighted by molar-refractivity contribution is 5.95. The van der Waals surface area contributed by atoms with Crippen molar-refractivity contribution >= 4 is 11.9 Å². The number of hydrogen-bond acceptors (Lipinski definition) is 5. The van der Waals surface area contributed by atoms with E-state index in [-0.39, 0.29) is 24.5 Å². The molecule has 2 N–H and O–H groups in total. The lowest BCUT2D eigenvalue weighted by atomic mass is 10.2. The number of nitrogens with two attached hydrogens (primary N) is 1. The van der Waals surface area contributed by atoms with Crippen LogP contribution >= 0.6 is 0 Å². The molecule has 0 spiro atoms. The summed E-state index contributed by atoms with van der Waals surface area (Å²) in [5.41, 5.74) is 6.72. The fourth-order valence-electron chi connectivity index (χ4n) is 1.81. The molecule has 116 valence electrons. The van der Waals surface area contributed by atoms with Crippen molar-refractivity contribution in [1.29, 1.82) is 5.26 Å². The van der Waals surface area contributed by atoms with Gasteiger partial charge in [0.15, 0.2) is 6.61 Å². The summed E-state index contributed by atoms with van der Waals surface area (Å²) in [5, 5.41) is 8.70. The Balaban J connectivity index is 1.86. The third-order valence-electron chi connectivity index (χ3n) is 2.98. The van der Waals surface area contributed by atoms with Crippen LogP contribution in [-0.4, -0.2) is 18.5 Å². The van der Waals surface area contributed by atoms with Crippen molar-refractivity contribution in [2.45, 2.75) is 6.61 Å². The van der Waals surface area contributed by atoms with Gasteiger partial charge in [0.25, 0.3) is 5.91 Å². The van der Waals surface area contributed by atoms with Gasteiger partial charge in [0.05, 0.1) is 17.2 Å². The van der Waals surface area contributed by atoms with Crippen LogP contribution in [0.2, 0.25) is 0 Å². The monoisotopic (exact) mass is 310 g/mol. The number of carbonyl (C=O) groups is 2. The van der Waals surface area contributed by atoms with Crippen LogP contribution in [-0.2, 0) is 16.1 Å². The Bertz CT molecular complexity index is 748. The third kappa shape index (κ3) is 4.58. The molecule has 2 rings (SSSR count). The molecule has 0 fully saturated rings. The smallest absolute Gasteiger partial charge is 0.344 e. The number of rotatable bonds is 6. The summed E-state index contributed by atoms with van der Waals surface area (Å²) in [7, 11) is 0. The van der Waals surface area contributed by atoms with Crippen LogP contribution in [0, 0.1) is 11.3 Å². The first-order valence-corrected chi connectivity index (χ1v) is 6.76. The van der Waals surface area contributed by atoms with Gasteiger partial charge in [0, 0.05) is 0 Å². The van der Waals surface area contributed by atoms with Gasteiger partial charge in [-0.05, 0) is 29.8 Å². The fraction of sp³-hybridized carbons (Fsp3) is 0.118. The second kappa shape index (κ2) is 7.61. The molecule has 2 aromatic carbocycles. The number of carbonyl (C=O) groups excluding carboxylic acids is 2. The van der Waals surface area contributed by atoms with Gasteiger partial charge in [0.2, 0.25) is 0 Å². The molecule has 0 saturated carbocycles. The van der Waals surface area contributed by atoms with E-state index in [0.29, 0.717) is 5.56 Å². The summed E-state index contributed by atoms with van der Waals surface area (Å²) in [5.74, 6) is -0.976. The molecule has 23 heavy (non-hydrogen) atoms. The van der Waals surface area contributed by atoms with E-state index in [2.05, 4.69) is 0 Å². The zero-order valence-corrected chi connectivity index (χ0v) is 12.2. The Morgan fingerprint density at radius 3 is 2.43 bits per heavy atom. The molecule has 0 aliphatic heterocycles. The van der Waals surface area contributed by atoms with Gasteiger partial charge in [-0.25, -0.2) is 4.79 Å². The number of hydrogen-bond donors (Lipinski definition) is 1. The molecule has 1 amide bonds. The molecule has 6 heteroatoms. The van der Waals surface area contributed by atoms with Crippen LogP contribution in [0.1, 0.15) is 21.5 Å². The van der Waals surface area contributed by atoms with Crippen molar-refractivity contribution < 1.29 is 19.1 Å². The molecule has 0 unspecified atom stereocenters. The Morgan fingerprint density at radius 2 is 1.78 bits per heavy atom. The van der Waals surface area contributed by atoms with E-state index in [9.17, 15) is 9.59 Å². The molecule has 0 aliphatic rings. The molecule has 0 radical (unpaired) electrons. The molecular weight excluding hydrogens is 296 g/mol. The van der Waals surface area contributed by atoms with E-state index in [4.69, 9.17) is 20.5 Å². The second-order valence-electron chi connectivity index (χ2n) is 4.62. The Kier molecular flexibility index (Phi) is 5.31. The number of esters is 1. The number of para-hydroxylation sites is 1. The number of nitrogens with zero attached hydrogens (tertiary/aromatic N) is 1. The number of nitriles is 1. The SMILES string of the molecule is N#Cc1ccc(COC(=O)COc2ccccc2C(N)=O)cc1. The van der Waals surface area contributed by atoms with Crippen molar-refractivity contribution in [1.82, 2.24) is 0 Å². The van der Waals surface area contributed by atoms with Crippen LogP contribution in [0.15, 0.2) is 48.5 Å². The summed E-state index contributed by atoms with van der Waals surface area (Å²) in [4.78, 5) is 22.9. The summed E-state index contributed by atoms with van der Waals surface area (Å²) in [6.45, 7) is -0.258. The molecule has 6 nitrogen and oxygen atoms in total. The second-order valence-corrected chi connectivity index (χ2v) is 4.62. The van der Waals surface area contributed by atoms with Crippen molar-refractivity contribution in [3.8, 4) is 11.8 Å². The average Bonchev–Trinajstić information content (AvgIpc) is 2.58. The standard InChI is InChI=1S/C17H14N2O4/c18-9-12-5-7-13(8-6-12)10-23-16(20)11-22-15-4-2-1-3-14(15)17(19)21/h1-8H,10-11H2,(H2,19,21). The molecule has 0 heterocycles. The van der Waals surface area contributed by atoms with Gasteiger partial charge in [-0.1, -0.05) is 24.3 Å². The Hall–Kier alpha value is -3.33. The maximum Gasteiger partial charge on any atom is 0.344 e. The lowest BCUT2D eigenvalue weighted by molar-refractivity contribution is -0.147. The Labute approximate surface area is 133 Å². The normalized spacial score (nSPS) is 9.70. The lowest BCUT2D eigenvalue weighted by Gasteiger charge is -2.09. The first-order valence-electron chi connectivity index (χ1n) is 6.76. The zero-order chi connectivity index (χ0) is 16.7. The minimum absolute atomic E-state index is 0.0748. The van der Waals surface area contributed by atoms with Crippen molar-refractivity contribution in [3.05, 3.63) is 65.2 Å². The topological polar surface area (TPSA) is 102 Å². The molecule has 2 aromatic rings. The molecule has 0 bridgehead atoms. The highest BCUT2D eigenvalue weighted by Crippen LogP contribution is 2.17.